The van der Waals surface area contributed by atoms with Crippen LogP contribution in [0, 0.1) is 11.7 Å². The predicted molar refractivity (Wildman–Crippen MR) is 110 cm³/mol. The summed E-state index contributed by atoms with van der Waals surface area (Å²) in [5.74, 6) is 2.12. The fourth-order valence-corrected chi connectivity index (χ4v) is 4.60. The Morgan fingerprint density at radius 2 is 2.17 bits per heavy atom. The molecule has 5 rings (SSSR count). The molecule has 1 aliphatic carbocycles. The Balaban J connectivity index is 1.35. The highest BCUT2D eigenvalue weighted by atomic mass is 35.5. The normalized spacial score (nSPS) is 13.9. The van der Waals surface area contributed by atoms with Gasteiger partial charge in [-0.2, -0.15) is 4.98 Å². The van der Waals surface area contributed by atoms with E-state index in [1.807, 2.05) is 11.4 Å². The third kappa shape index (κ3) is 4.08. The minimum atomic E-state index is -0.445. The lowest BCUT2D eigenvalue weighted by atomic mass is 10.2. The molecule has 0 N–H and O–H groups in total. The lowest BCUT2D eigenvalue weighted by molar-refractivity contribution is 0.391. The van der Waals surface area contributed by atoms with Crippen molar-refractivity contribution >= 4 is 34.7 Å². The first-order chi connectivity index (χ1) is 14.2. The second-order valence-electron chi connectivity index (χ2n) is 6.76. The van der Waals surface area contributed by atoms with Gasteiger partial charge in [0, 0.05) is 11.6 Å². The van der Waals surface area contributed by atoms with Crippen LogP contribution in [-0.4, -0.2) is 24.9 Å². The van der Waals surface area contributed by atoms with E-state index < -0.39 is 5.82 Å². The molecule has 0 unspecified atom stereocenters. The number of rotatable bonds is 7. The Morgan fingerprint density at radius 1 is 1.28 bits per heavy atom. The van der Waals surface area contributed by atoms with E-state index >= 15 is 0 Å². The Labute approximate surface area is 179 Å². The topological polar surface area (TPSA) is 69.6 Å². The molecule has 4 aromatic rings. The summed E-state index contributed by atoms with van der Waals surface area (Å²) in [5.41, 5.74) is 0.217. The van der Waals surface area contributed by atoms with Gasteiger partial charge >= 0.3 is 0 Å². The third-order valence-electron chi connectivity index (χ3n) is 4.56. The molecule has 0 saturated heterocycles. The zero-order valence-electron chi connectivity index (χ0n) is 15.1. The first kappa shape index (κ1) is 18.8. The smallest absolute Gasteiger partial charge is 0.237 e. The molecular weight excluding hydrogens is 433 g/mol. The van der Waals surface area contributed by atoms with Crippen LogP contribution in [0.2, 0.25) is 5.02 Å². The van der Waals surface area contributed by atoms with Crippen molar-refractivity contribution < 1.29 is 8.91 Å². The minimum Gasteiger partial charge on any atom is -0.338 e. The highest BCUT2D eigenvalue weighted by Gasteiger charge is 2.26. The van der Waals surface area contributed by atoms with Crippen molar-refractivity contribution in [2.24, 2.45) is 5.92 Å². The van der Waals surface area contributed by atoms with E-state index in [0.717, 1.165) is 22.4 Å². The van der Waals surface area contributed by atoms with Gasteiger partial charge in [0.15, 0.2) is 11.0 Å². The summed E-state index contributed by atoms with van der Waals surface area (Å²) in [5, 5.41) is 15.9. The molecule has 3 aromatic heterocycles. The maximum absolute atomic E-state index is 14.0. The van der Waals surface area contributed by atoms with Crippen LogP contribution in [0.1, 0.15) is 18.7 Å². The zero-order chi connectivity index (χ0) is 19.8. The van der Waals surface area contributed by atoms with Crippen LogP contribution >= 0.6 is 34.7 Å². The number of hydrogen-bond donors (Lipinski definition) is 0. The lowest BCUT2D eigenvalue weighted by Crippen LogP contribution is -2.03. The van der Waals surface area contributed by atoms with Crippen LogP contribution < -0.4 is 0 Å². The number of aromatic nitrogens is 5. The lowest BCUT2D eigenvalue weighted by Gasteiger charge is -2.07. The molecule has 0 bridgehead atoms. The van der Waals surface area contributed by atoms with Gasteiger partial charge < -0.3 is 9.09 Å². The minimum absolute atomic E-state index is 0.180. The van der Waals surface area contributed by atoms with Gasteiger partial charge in [-0.15, -0.1) is 21.5 Å². The first-order valence-electron chi connectivity index (χ1n) is 9.05. The number of nitrogens with zero attached hydrogens (tertiary/aromatic N) is 5. The molecule has 29 heavy (non-hydrogen) atoms. The largest absolute Gasteiger partial charge is 0.338 e. The van der Waals surface area contributed by atoms with E-state index in [4.69, 9.17) is 16.1 Å². The molecule has 1 aliphatic rings. The van der Waals surface area contributed by atoms with E-state index in [0.29, 0.717) is 22.6 Å². The Morgan fingerprint density at radius 3 is 2.97 bits per heavy atom. The van der Waals surface area contributed by atoms with Crippen LogP contribution in [0.5, 0.6) is 0 Å². The molecule has 1 saturated carbocycles. The standard InChI is InChI=1S/C19H15ClFN5OS2/c20-12-5-6-14(21)13(8-12)17-22-16(27-25-17)10-29-19-24-23-18(15-2-1-7-28-15)26(19)9-11-3-4-11/h1-2,5-8,11H,3-4,9-10H2. The van der Waals surface area contributed by atoms with Gasteiger partial charge in [0.1, 0.15) is 5.82 Å². The molecular formula is C19H15ClFN5OS2. The molecule has 0 spiro atoms. The summed E-state index contributed by atoms with van der Waals surface area (Å²) in [7, 11) is 0. The number of thiophene rings is 1. The fraction of sp³-hybridized carbons (Fsp3) is 0.263. The van der Waals surface area contributed by atoms with Crippen molar-refractivity contribution in [3.05, 3.63) is 52.4 Å². The van der Waals surface area contributed by atoms with Gasteiger partial charge in [-0.3, -0.25) is 0 Å². The van der Waals surface area contributed by atoms with Crippen molar-refractivity contribution in [1.29, 1.82) is 0 Å². The van der Waals surface area contributed by atoms with E-state index in [2.05, 4.69) is 31.0 Å². The predicted octanol–water partition coefficient (Wildman–Crippen LogP) is 5.55. The van der Waals surface area contributed by atoms with Gasteiger partial charge in [0.2, 0.25) is 11.7 Å². The monoisotopic (exact) mass is 447 g/mol. The number of thioether (sulfide) groups is 1. The molecule has 1 aromatic carbocycles. The van der Waals surface area contributed by atoms with Gasteiger partial charge in [-0.05, 0) is 48.4 Å². The molecule has 0 amide bonds. The highest BCUT2D eigenvalue weighted by molar-refractivity contribution is 7.98. The second-order valence-corrected chi connectivity index (χ2v) is 9.09. The number of halogens is 2. The summed E-state index contributed by atoms with van der Waals surface area (Å²) < 4.78 is 21.5. The van der Waals surface area contributed by atoms with E-state index in [1.54, 1.807) is 11.3 Å². The Hall–Kier alpha value is -2.23. The summed E-state index contributed by atoms with van der Waals surface area (Å²) >= 11 is 9.08. The van der Waals surface area contributed by atoms with Crippen molar-refractivity contribution in [3.8, 4) is 22.1 Å². The quantitative estimate of drug-likeness (QED) is 0.346. The maximum atomic E-state index is 14.0. The van der Waals surface area contributed by atoms with E-state index in [-0.39, 0.29) is 11.4 Å². The van der Waals surface area contributed by atoms with E-state index in [9.17, 15) is 4.39 Å². The van der Waals surface area contributed by atoms with Gasteiger partial charge in [-0.25, -0.2) is 4.39 Å². The molecule has 1 fully saturated rings. The van der Waals surface area contributed by atoms with Crippen LogP contribution in [-0.2, 0) is 12.3 Å². The third-order valence-corrected chi connectivity index (χ3v) is 6.61. The highest BCUT2D eigenvalue weighted by Crippen LogP contribution is 2.36. The average Bonchev–Trinajstić information content (AvgIpc) is 3.12. The summed E-state index contributed by atoms with van der Waals surface area (Å²) in [6.07, 6.45) is 2.48. The maximum Gasteiger partial charge on any atom is 0.237 e. The van der Waals surface area contributed by atoms with Crippen LogP contribution in [0.15, 0.2) is 45.4 Å². The van der Waals surface area contributed by atoms with Crippen molar-refractivity contribution in [2.45, 2.75) is 30.3 Å². The number of benzene rings is 1. The molecule has 3 heterocycles. The van der Waals surface area contributed by atoms with Crippen LogP contribution in [0.25, 0.3) is 22.1 Å². The summed E-state index contributed by atoms with van der Waals surface area (Å²) in [6, 6.07) is 8.32. The molecule has 0 atom stereocenters. The molecule has 0 aliphatic heterocycles. The summed E-state index contributed by atoms with van der Waals surface area (Å²) in [6.45, 7) is 0.908. The van der Waals surface area contributed by atoms with Crippen LogP contribution in [0.4, 0.5) is 4.39 Å². The fourth-order valence-electron chi connectivity index (χ4n) is 2.92. The molecule has 0 radical (unpaired) electrons. The Kier molecular flexibility index (Phi) is 5.11. The van der Waals surface area contributed by atoms with Gasteiger partial charge in [-0.1, -0.05) is 34.6 Å². The van der Waals surface area contributed by atoms with Crippen molar-refractivity contribution in [1.82, 2.24) is 24.9 Å². The zero-order valence-corrected chi connectivity index (χ0v) is 17.5. The summed E-state index contributed by atoms with van der Waals surface area (Å²) in [4.78, 5) is 5.40. The Bertz CT molecular complexity index is 1140. The molecule has 148 valence electrons. The van der Waals surface area contributed by atoms with Crippen molar-refractivity contribution in [3.63, 3.8) is 0 Å². The number of hydrogen-bond acceptors (Lipinski definition) is 7. The average molecular weight is 448 g/mol. The van der Waals surface area contributed by atoms with Crippen molar-refractivity contribution in [2.75, 3.05) is 0 Å². The van der Waals surface area contributed by atoms with Gasteiger partial charge in [0.25, 0.3) is 0 Å². The molecule has 6 nitrogen and oxygen atoms in total. The first-order valence-corrected chi connectivity index (χ1v) is 11.3. The SMILES string of the molecule is Fc1ccc(Cl)cc1-c1noc(CSc2nnc(-c3cccs3)n2CC2CC2)n1. The van der Waals surface area contributed by atoms with E-state index in [1.165, 1.54) is 42.8 Å². The second kappa shape index (κ2) is 7.89. The van der Waals surface area contributed by atoms with Crippen LogP contribution in [0.3, 0.4) is 0 Å². The van der Waals surface area contributed by atoms with Gasteiger partial charge in [0.05, 0.1) is 16.2 Å². The molecule has 10 heteroatoms.